The number of carbonyl (C=O) groups is 1. The number of anilines is 1. The average molecular weight is 461 g/mol. The van der Waals surface area contributed by atoms with E-state index >= 15 is 0 Å². The van der Waals surface area contributed by atoms with E-state index in [9.17, 15) is 4.79 Å². The van der Waals surface area contributed by atoms with Gasteiger partial charge in [-0.2, -0.15) is 5.10 Å². The highest BCUT2D eigenvalue weighted by molar-refractivity contribution is 7.12. The minimum absolute atomic E-state index is 0.123. The molecule has 1 fully saturated rings. The van der Waals surface area contributed by atoms with Crippen LogP contribution in [0, 0.1) is 13.8 Å². The van der Waals surface area contributed by atoms with Crippen LogP contribution in [0.2, 0.25) is 0 Å². The van der Waals surface area contributed by atoms with E-state index in [-0.39, 0.29) is 5.91 Å². The van der Waals surface area contributed by atoms with Gasteiger partial charge in [-0.15, -0.1) is 11.3 Å². The summed E-state index contributed by atoms with van der Waals surface area (Å²) >= 11 is 1.50. The molecule has 0 atom stereocenters. The van der Waals surface area contributed by atoms with Gasteiger partial charge in [0.15, 0.2) is 5.65 Å². The van der Waals surface area contributed by atoms with Crippen molar-refractivity contribution < 1.29 is 4.79 Å². The number of hydrogen-bond acceptors (Lipinski definition) is 6. The van der Waals surface area contributed by atoms with E-state index in [1.807, 2.05) is 34.0 Å². The summed E-state index contributed by atoms with van der Waals surface area (Å²) in [4.78, 5) is 27.8. The molecule has 1 aliphatic rings. The van der Waals surface area contributed by atoms with Gasteiger partial charge in [-0.25, -0.2) is 14.6 Å². The lowest BCUT2D eigenvalue weighted by molar-refractivity contribution is 0.0772. The van der Waals surface area contributed by atoms with Gasteiger partial charge in [-0.05, 0) is 43.8 Å². The van der Waals surface area contributed by atoms with Crippen molar-refractivity contribution in [1.82, 2.24) is 24.6 Å². The molecule has 0 saturated carbocycles. The van der Waals surface area contributed by atoms with Crippen molar-refractivity contribution in [3.8, 4) is 5.69 Å². The van der Waals surface area contributed by atoms with Crippen molar-refractivity contribution in [2.24, 2.45) is 0 Å². The molecule has 4 heterocycles. The maximum atomic E-state index is 12.9. The first-order valence-electron chi connectivity index (χ1n) is 11.5. The van der Waals surface area contributed by atoms with Gasteiger partial charge < -0.3 is 9.80 Å². The number of fused-ring (bicyclic) bond motifs is 1. The summed E-state index contributed by atoms with van der Waals surface area (Å²) < 4.78 is 1.93. The summed E-state index contributed by atoms with van der Waals surface area (Å²) in [5, 5.41) is 7.79. The number of carbonyl (C=O) groups excluding carboxylic acids is 1. The number of thiophene rings is 1. The molecule has 1 saturated heterocycles. The quantitative estimate of drug-likeness (QED) is 0.451. The van der Waals surface area contributed by atoms with Crippen LogP contribution < -0.4 is 4.90 Å². The molecule has 5 rings (SSSR count). The topological polar surface area (TPSA) is 67.2 Å². The number of nitrogens with zero attached hydrogens (tertiary/aromatic N) is 6. The van der Waals surface area contributed by atoms with Crippen LogP contribution in [0.1, 0.15) is 40.1 Å². The van der Waals surface area contributed by atoms with Crippen LogP contribution in [0.15, 0.2) is 41.8 Å². The molecule has 0 unspecified atom stereocenters. The van der Waals surface area contributed by atoms with Crippen molar-refractivity contribution >= 4 is 34.1 Å². The average Bonchev–Trinajstić information content (AvgIpc) is 3.40. The van der Waals surface area contributed by atoms with E-state index in [1.165, 1.54) is 16.9 Å². The maximum absolute atomic E-state index is 12.9. The normalized spacial score (nSPS) is 14.6. The monoisotopic (exact) mass is 460 g/mol. The second-order valence-electron chi connectivity index (χ2n) is 8.46. The number of hydrogen-bond donors (Lipinski definition) is 0. The minimum Gasteiger partial charge on any atom is -0.354 e. The number of aryl methyl sites for hydroxylation is 3. The molecule has 7 nitrogen and oxygen atoms in total. The Morgan fingerprint density at radius 3 is 2.58 bits per heavy atom. The molecule has 0 bridgehead atoms. The lowest BCUT2D eigenvalue weighted by Crippen LogP contribution is -2.35. The van der Waals surface area contributed by atoms with Gasteiger partial charge in [-0.3, -0.25) is 4.79 Å². The van der Waals surface area contributed by atoms with Crippen molar-refractivity contribution in [2.45, 2.75) is 33.6 Å². The van der Waals surface area contributed by atoms with Gasteiger partial charge in [0.05, 0.1) is 21.6 Å². The fraction of sp³-hybridized carbons (Fsp3) is 0.360. The van der Waals surface area contributed by atoms with Crippen LogP contribution in [-0.4, -0.2) is 56.7 Å². The van der Waals surface area contributed by atoms with E-state index in [2.05, 4.69) is 43.0 Å². The third kappa shape index (κ3) is 4.11. The van der Waals surface area contributed by atoms with E-state index in [1.54, 1.807) is 0 Å². The van der Waals surface area contributed by atoms with Crippen LogP contribution in [-0.2, 0) is 6.42 Å². The molecule has 3 aromatic heterocycles. The molecule has 33 heavy (non-hydrogen) atoms. The molecule has 170 valence electrons. The van der Waals surface area contributed by atoms with E-state index in [0.29, 0.717) is 6.54 Å². The first-order valence-corrected chi connectivity index (χ1v) is 12.3. The van der Waals surface area contributed by atoms with Gasteiger partial charge in [0.1, 0.15) is 11.6 Å². The van der Waals surface area contributed by atoms with Crippen molar-refractivity contribution in [3.05, 3.63) is 63.7 Å². The molecule has 0 radical (unpaired) electrons. The number of rotatable bonds is 4. The Hall–Kier alpha value is -3.26. The molecular formula is C25H28N6OS. The molecule has 1 aromatic carbocycles. The highest BCUT2D eigenvalue weighted by Crippen LogP contribution is 2.30. The summed E-state index contributed by atoms with van der Waals surface area (Å²) in [6.45, 7) is 9.19. The molecule has 0 aliphatic carbocycles. The Labute approximate surface area is 197 Å². The second kappa shape index (κ2) is 8.94. The zero-order valence-electron chi connectivity index (χ0n) is 19.3. The van der Waals surface area contributed by atoms with E-state index in [0.717, 1.165) is 71.4 Å². The molecule has 0 spiro atoms. The smallest absolute Gasteiger partial charge is 0.263 e. The molecule has 8 heteroatoms. The molecule has 4 aromatic rings. The Morgan fingerprint density at radius 2 is 1.85 bits per heavy atom. The lowest BCUT2D eigenvalue weighted by Gasteiger charge is -2.23. The van der Waals surface area contributed by atoms with Crippen molar-refractivity contribution in [2.75, 3.05) is 31.1 Å². The first-order chi connectivity index (χ1) is 16.0. The van der Waals surface area contributed by atoms with E-state index < -0.39 is 0 Å². The molecule has 0 N–H and O–H groups in total. The highest BCUT2D eigenvalue weighted by Gasteiger charge is 2.25. The fourth-order valence-corrected chi connectivity index (χ4v) is 5.04. The fourth-order valence-electron chi connectivity index (χ4n) is 4.35. The number of benzene rings is 1. The number of aromatic nitrogens is 4. The van der Waals surface area contributed by atoms with Gasteiger partial charge >= 0.3 is 0 Å². The van der Waals surface area contributed by atoms with Crippen molar-refractivity contribution in [1.29, 1.82) is 0 Å². The lowest BCUT2D eigenvalue weighted by atomic mass is 10.2. The van der Waals surface area contributed by atoms with Crippen LogP contribution >= 0.6 is 11.3 Å². The Kier molecular flexibility index (Phi) is 5.85. The molecule has 1 aliphatic heterocycles. The Balaban J connectivity index is 1.51. The van der Waals surface area contributed by atoms with Gasteiger partial charge in [0, 0.05) is 32.6 Å². The summed E-state index contributed by atoms with van der Waals surface area (Å²) in [5.41, 5.74) is 3.96. The first kappa shape index (κ1) is 21.6. The summed E-state index contributed by atoms with van der Waals surface area (Å²) in [6, 6.07) is 12.2. The van der Waals surface area contributed by atoms with Crippen LogP contribution in [0.4, 0.5) is 5.82 Å². The summed E-state index contributed by atoms with van der Waals surface area (Å²) in [6.07, 6.45) is 1.65. The Bertz CT molecular complexity index is 1280. The summed E-state index contributed by atoms with van der Waals surface area (Å²) in [7, 11) is 0. The Morgan fingerprint density at radius 1 is 1.03 bits per heavy atom. The van der Waals surface area contributed by atoms with Gasteiger partial charge in [0.25, 0.3) is 5.91 Å². The zero-order valence-corrected chi connectivity index (χ0v) is 20.1. The van der Waals surface area contributed by atoms with Crippen LogP contribution in [0.5, 0.6) is 0 Å². The standard InChI is InChI=1S/C25H28N6OS/c1-4-21-26-23(29-12-6-13-30(15-14-29)25(32)20-7-5-16-33-20)22-18(3)28-31(24(22)27-21)19-10-8-17(2)9-11-19/h5,7-11,16H,4,6,12-15H2,1-3H3. The predicted octanol–water partition coefficient (Wildman–Crippen LogP) is 4.41. The second-order valence-corrected chi connectivity index (χ2v) is 9.41. The summed E-state index contributed by atoms with van der Waals surface area (Å²) in [5.74, 6) is 1.86. The zero-order chi connectivity index (χ0) is 22.9. The maximum Gasteiger partial charge on any atom is 0.263 e. The highest BCUT2D eigenvalue weighted by atomic mass is 32.1. The largest absolute Gasteiger partial charge is 0.354 e. The predicted molar refractivity (Wildman–Crippen MR) is 133 cm³/mol. The minimum atomic E-state index is 0.123. The third-order valence-corrected chi connectivity index (χ3v) is 7.00. The molecule has 1 amide bonds. The van der Waals surface area contributed by atoms with Crippen LogP contribution in [0.25, 0.3) is 16.7 Å². The van der Waals surface area contributed by atoms with Gasteiger partial charge in [0.2, 0.25) is 0 Å². The SMILES string of the molecule is CCc1nc(N2CCCN(C(=O)c3cccs3)CC2)c2c(C)nn(-c3ccc(C)cc3)c2n1. The number of amides is 1. The van der Waals surface area contributed by atoms with Crippen molar-refractivity contribution in [3.63, 3.8) is 0 Å². The third-order valence-electron chi connectivity index (χ3n) is 6.14. The van der Waals surface area contributed by atoms with Gasteiger partial charge in [-0.1, -0.05) is 30.7 Å². The molecular weight excluding hydrogens is 432 g/mol. The van der Waals surface area contributed by atoms with Crippen LogP contribution in [0.3, 0.4) is 0 Å². The van der Waals surface area contributed by atoms with E-state index in [4.69, 9.17) is 15.1 Å².